The fraction of sp³-hybridized carbons (Fsp3) is 0.143. The topological polar surface area (TPSA) is 78.4 Å². The molecule has 0 aromatic heterocycles. The third kappa shape index (κ3) is 5.94. The molecule has 0 atom stereocenters. The minimum absolute atomic E-state index is 0.0645. The average molecular weight is 350 g/mol. The Bertz CT molecular complexity index is 822. The number of carbonyl (C=O) groups is 2. The molecule has 0 saturated carbocycles. The minimum atomic E-state index is -0.151. The van der Waals surface area contributed by atoms with Crippen LogP contribution in [-0.4, -0.2) is 23.3 Å². The molecule has 0 heterocycles. The van der Waals surface area contributed by atoms with E-state index in [0.717, 1.165) is 5.70 Å². The predicted octanol–water partition coefficient (Wildman–Crippen LogP) is 3.40. The van der Waals surface area contributed by atoms with Crippen molar-refractivity contribution in [2.75, 3.05) is 6.67 Å². The summed E-state index contributed by atoms with van der Waals surface area (Å²) in [4.78, 5) is 24.2. The second-order valence-electron chi connectivity index (χ2n) is 5.83. The molecule has 0 aliphatic carbocycles. The van der Waals surface area contributed by atoms with Gasteiger partial charge in [0, 0.05) is 34.7 Å². The fourth-order valence-corrected chi connectivity index (χ4v) is 2.21. The lowest BCUT2D eigenvalue weighted by molar-refractivity contribution is 0.103. The Hall–Kier alpha value is -3.34. The van der Waals surface area contributed by atoms with Gasteiger partial charge in [0.1, 0.15) is 5.75 Å². The van der Waals surface area contributed by atoms with Crippen LogP contribution in [0.5, 0.6) is 5.75 Å². The number of nitrogens with one attached hydrogen (secondary N) is 2. The molecule has 0 spiro atoms. The van der Waals surface area contributed by atoms with Crippen molar-refractivity contribution >= 4 is 11.6 Å². The van der Waals surface area contributed by atoms with E-state index in [4.69, 9.17) is 0 Å². The standard InChI is InChI=1S/C21H22N2O3/c1-15(12-20(25)17-6-4-3-5-7-17)22-14-23-16(2)13-21(26)18-8-10-19(24)11-9-18/h3-13,22-24H,14H2,1-2H3/b15-12+,16-13+. The van der Waals surface area contributed by atoms with E-state index in [9.17, 15) is 14.7 Å². The first-order chi connectivity index (χ1) is 12.5. The molecule has 2 aromatic rings. The van der Waals surface area contributed by atoms with Crippen LogP contribution in [0.4, 0.5) is 0 Å². The van der Waals surface area contributed by atoms with E-state index >= 15 is 0 Å². The van der Waals surface area contributed by atoms with Crippen molar-refractivity contribution in [3.05, 3.63) is 89.3 Å². The maximum atomic E-state index is 12.1. The summed E-state index contributed by atoms with van der Waals surface area (Å²) in [5.41, 5.74) is 2.56. The van der Waals surface area contributed by atoms with E-state index in [1.807, 2.05) is 25.1 Å². The predicted molar refractivity (Wildman–Crippen MR) is 102 cm³/mol. The molecule has 134 valence electrons. The van der Waals surface area contributed by atoms with E-state index < -0.39 is 0 Å². The van der Waals surface area contributed by atoms with Gasteiger partial charge in [0.25, 0.3) is 0 Å². The quantitative estimate of drug-likeness (QED) is 0.386. The SMILES string of the molecule is C/C(=C\C(=O)c1ccccc1)NCN/C(C)=C/C(=O)c1ccc(O)cc1. The molecule has 2 aromatic carbocycles. The van der Waals surface area contributed by atoms with Crippen molar-refractivity contribution in [2.45, 2.75) is 13.8 Å². The number of aromatic hydroxyl groups is 1. The van der Waals surface area contributed by atoms with Crippen molar-refractivity contribution in [1.82, 2.24) is 10.6 Å². The molecule has 0 amide bonds. The monoisotopic (exact) mass is 350 g/mol. The highest BCUT2D eigenvalue weighted by atomic mass is 16.3. The number of allylic oxidation sites excluding steroid dienone is 4. The van der Waals surface area contributed by atoms with Crippen LogP contribution in [0, 0.1) is 0 Å². The van der Waals surface area contributed by atoms with Gasteiger partial charge in [-0.2, -0.15) is 0 Å². The Morgan fingerprint density at radius 1 is 0.808 bits per heavy atom. The zero-order chi connectivity index (χ0) is 18.9. The summed E-state index contributed by atoms with van der Waals surface area (Å²) in [5.74, 6) is -0.0937. The molecule has 26 heavy (non-hydrogen) atoms. The average Bonchev–Trinajstić information content (AvgIpc) is 2.62. The van der Waals surface area contributed by atoms with E-state index in [2.05, 4.69) is 10.6 Å². The van der Waals surface area contributed by atoms with Crippen LogP contribution in [0.25, 0.3) is 0 Å². The van der Waals surface area contributed by atoms with Gasteiger partial charge in [-0.3, -0.25) is 9.59 Å². The molecule has 3 N–H and O–H groups in total. The van der Waals surface area contributed by atoms with Crippen LogP contribution in [0.3, 0.4) is 0 Å². The number of hydrogen-bond donors (Lipinski definition) is 3. The largest absolute Gasteiger partial charge is 0.508 e. The fourth-order valence-electron chi connectivity index (χ4n) is 2.21. The summed E-state index contributed by atoms with van der Waals surface area (Å²) in [7, 11) is 0. The normalized spacial score (nSPS) is 11.8. The van der Waals surface area contributed by atoms with E-state index in [1.54, 1.807) is 31.2 Å². The Kier molecular flexibility index (Phi) is 6.74. The molecule has 0 aliphatic rings. The molecular formula is C21H22N2O3. The number of hydrogen-bond acceptors (Lipinski definition) is 5. The Labute approximate surface area is 153 Å². The highest BCUT2D eigenvalue weighted by molar-refractivity contribution is 6.05. The number of rotatable bonds is 8. The van der Waals surface area contributed by atoms with Crippen LogP contribution < -0.4 is 10.6 Å². The second-order valence-corrected chi connectivity index (χ2v) is 5.83. The van der Waals surface area contributed by atoms with Gasteiger partial charge < -0.3 is 15.7 Å². The van der Waals surface area contributed by atoms with Gasteiger partial charge in [-0.05, 0) is 38.1 Å². The summed E-state index contributed by atoms with van der Waals surface area (Å²) >= 11 is 0. The minimum Gasteiger partial charge on any atom is -0.508 e. The van der Waals surface area contributed by atoms with Crippen LogP contribution >= 0.6 is 0 Å². The third-order valence-corrected chi connectivity index (χ3v) is 3.64. The van der Waals surface area contributed by atoms with Gasteiger partial charge in [-0.15, -0.1) is 0 Å². The first-order valence-electron chi connectivity index (χ1n) is 8.23. The molecule has 0 unspecified atom stereocenters. The summed E-state index contributed by atoms with van der Waals surface area (Å²) in [5, 5.41) is 15.4. The Balaban J connectivity index is 1.84. The number of benzene rings is 2. The summed E-state index contributed by atoms with van der Waals surface area (Å²) in [6.45, 7) is 3.98. The van der Waals surface area contributed by atoms with Crippen molar-refractivity contribution in [3.8, 4) is 5.75 Å². The smallest absolute Gasteiger partial charge is 0.187 e. The lowest BCUT2D eigenvalue weighted by Crippen LogP contribution is -2.27. The molecule has 5 nitrogen and oxygen atoms in total. The number of phenolic OH excluding ortho intramolecular Hbond substituents is 1. The molecule has 0 bridgehead atoms. The van der Waals surface area contributed by atoms with E-state index in [0.29, 0.717) is 23.5 Å². The Morgan fingerprint density at radius 2 is 1.27 bits per heavy atom. The number of ketones is 2. The summed E-state index contributed by atoms with van der Waals surface area (Å²) in [6.07, 6.45) is 3.03. The second kappa shape index (κ2) is 9.22. The maximum Gasteiger partial charge on any atom is 0.187 e. The van der Waals surface area contributed by atoms with Crippen molar-refractivity contribution < 1.29 is 14.7 Å². The Morgan fingerprint density at radius 3 is 1.77 bits per heavy atom. The van der Waals surface area contributed by atoms with Crippen molar-refractivity contribution in [2.24, 2.45) is 0 Å². The van der Waals surface area contributed by atoms with Crippen LogP contribution in [0.15, 0.2) is 78.1 Å². The van der Waals surface area contributed by atoms with E-state index in [1.165, 1.54) is 24.3 Å². The highest BCUT2D eigenvalue weighted by Gasteiger charge is 2.04. The van der Waals surface area contributed by atoms with Gasteiger partial charge >= 0.3 is 0 Å². The van der Waals surface area contributed by atoms with Crippen molar-refractivity contribution in [3.63, 3.8) is 0 Å². The van der Waals surface area contributed by atoms with Crippen LogP contribution in [0.1, 0.15) is 34.6 Å². The van der Waals surface area contributed by atoms with Crippen LogP contribution in [-0.2, 0) is 0 Å². The molecule has 0 radical (unpaired) electrons. The van der Waals surface area contributed by atoms with Gasteiger partial charge in [0.05, 0.1) is 6.67 Å². The van der Waals surface area contributed by atoms with Crippen molar-refractivity contribution in [1.29, 1.82) is 0 Å². The molecule has 0 fully saturated rings. The first kappa shape index (κ1) is 19.0. The molecule has 2 rings (SSSR count). The maximum absolute atomic E-state index is 12.1. The summed E-state index contributed by atoms with van der Waals surface area (Å²) < 4.78 is 0. The lowest BCUT2D eigenvalue weighted by atomic mass is 10.1. The zero-order valence-electron chi connectivity index (χ0n) is 14.8. The molecule has 5 heteroatoms. The van der Waals surface area contributed by atoms with Gasteiger partial charge in [-0.1, -0.05) is 30.3 Å². The first-order valence-corrected chi connectivity index (χ1v) is 8.23. The van der Waals surface area contributed by atoms with Gasteiger partial charge in [0.15, 0.2) is 11.6 Å². The van der Waals surface area contributed by atoms with Crippen LogP contribution in [0.2, 0.25) is 0 Å². The highest BCUT2D eigenvalue weighted by Crippen LogP contribution is 2.11. The van der Waals surface area contributed by atoms with E-state index in [-0.39, 0.29) is 17.3 Å². The number of phenols is 1. The number of carbonyl (C=O) groups excluding carboxylic acids is 2. The molecule has 0 saturated heterocycles. The molecular weight excluding hydrogens is 328 g/mol. The van der Waals surface area contributed by atoms with Gasteiger partial charge in [0.2, 0.25) is 0 Å². The zero-order valence-corrected chi connectivity index (χ0v) is 14.8. The van der Waals surface area contributed by atoms with Gasteiger partial charge in [-0.25, -0.2) is 0 Å². The summed E-state index contributed by atoms with van der Waals surface area (Å²) in [6, 6.07) is 15.1. The molecule has 0 aliphatic heterocycles. The lowest BCUT2D eigenvalue weighted by Gasteiger charge is -2.10. The third-order valence-electron chi connectivity index (χ3n) is 3.64.